The average Bonchev–Trinajstić information content (AvgIpc) is 2.28. The van der Waals surface area contributed by atoms with Gasteiger partial charge >= 0.3 is 7.60 Å². The van der Waals surface area contributed by atoms with E-state index in [0.717, 1.165) is 0 Å². The van der Waals surface area contributed by atoms with Gasteiger partial charge in [0.2, 0.25) is 0 Å². The van der Waals surface area contributed by atoms with Gasteiger partial charge in [-0.1, -0.05) is 24.3 Å². The van der Waals surface area contributed by atoms with E-state index in [4.69, 9.17) is 10.4 Å². The standard InChI is InChI=1S/C10H14NO3P/c1-2-3-9-15(12,14-11)13-10-7-5-4-6-8-10/h2,4-8H,1,3,9,11H2. The van der Waals surface area contributed by atoms with Crippen LogP contribution >= 0.6 is 7.60 Å². The van der Waals surface area contributed by atoms with Gasteiger partial charge in [0.05, 0.1) is 6.16 Å². The molecule has 0 aliphatic heterocycles. The van der Waals surface area contributed by atoms with Crippen LogP contribution in [0.3, 0.4) is 0 Å². The lowest BCUT2D eigenvalue weighted by atomic mass is 10.3. The molecule has 0 amide bonds. The van der Waals surface area contributed by atoms with Crippen LogP contribution < -0.4 is 10.4 Å². The molecular formula is C10H14NO3P. The highest BCUT2D eigenvalue weighted by atomic mass is 31.2. The molecule has 1 rings (SSSR count). The first kappa shape index (κ1) is 12.0. The monoisotopic (exact) mass is 227 g/mol. The molecule has 1 aromatic rings. The second-order valence-electron chi connectivity index (χ2n) is 2.92. The van der Waals surface area contributed by atoms with E-state index in [1.165, 1.54) is 0 Å². The Labute approximate surface area is 89.2 Å². The van der Waals surface area contributed by atoms with Crippen LogP contribution in [0.1, 0.15) is 6.42 Å². The van der Waals surface area contributed by atoms with Gasteiger partial charge < -0.3 is 4.52 Å². The highest BCUT2D eigenvalue weighted by molar-refractivity contribution is 7.54. The molecule has 0 heterocycles. The first-order valence-corrected chi connectivity index (χ1v) is 6.26. The lowest BCUT2D eigenvalue weighted by Gasteiger charge is -2.15. The van der Waals surface area contributed by atoms with E-state index < -0.39 is 7.60 Å². The Morgan fingerprint density at radius 3 is 2.60 bits per heavy atom. The Kier molecular flexibility index (Phi) is 4.56. The first-order chi connectivity index (χ1) is 7.20. The predicted molar refractivity (Wildman–Crippen MR) is 59.6 cm³/mol. The van der Waals surface area contributed by atoms with Crippen LogP contribution in [0.2, 0.25) is 0 Å². The fourth-order valence-corrected chi connectivity index (χ4v) is 2.19. The van der Waals surface area contributed by atoms with Crippen molar-refractivity contribution >= 4 is 7.60 Å². The third kappa shape index (κ3) is 3.88. The molecule has 0 spiro atoms. The molecule has 0 bridgehead atoms. The van der Waals surface area contributed by atoms with Gasteiger partial charge in [0, 0.05) is 0 Å². The van der Waals surface area contributed by atoms with Crippen molar-refractivity contribution in [2.45, 2.75) is 6.42 Å². The SMILES string of the molecule is C=CCCP(=O)(ON)Oc1ccccc1. The minimum Gasteiger partial charge on any atom is -0.423 e. The lowest BCUT2D eigenvalue weighted by Crippen LogP contribution is -2.06. The summed E-state index contributed by atoms with van der Waals surface area (Å²) in [6.07, 6.45) is 2.39. The topological polar surface area (TPSA) is 61.5 Å². The zero-order chi connectivity index (χ0) is 11.1. The highest BCUT2D eigenvalue weighted by Gasteiger charge is 2.24. The maximum Gasteiger partial charge on any atom is 0.395 e. The number of benzene rings is 1. The van der Waals surface area contributed by atoms with Crippen molar-refractivity contribution in [3.8, 4) is 5.75 Å². The second-order valence-corrected chi connectivity index (χ2v) is 4.98. The molecule has 0 fully saturated rings. The Morgan fingerprint density at radius 1 is 1.40 bits per heavy atom. The minimum atomic E-state index is -3.23. The average molecular weight is 227 g/mol. The number of hydrogen-bond acceptors (Lipinski definition) is 4. The van der Waals surface area contributed by atoms with Crippen LogP contribution in [0.15, 0.2) is 43.0 Å². The van der Waals surface area contributed by atoms with Crippen molar-refractivity contribution in [3.63, 3.8) is 0 Å². The maximum atomic E-state index is 11.9. The van der Waals surface area contributed by atoms with E-state index >= 15 is 0 Å². The molecule has 15 heavy (non-hydrogen) atoms. The summed E-state index contributed by atoms with van der Waals surface area (Å²) >= 11 is 0. The van der Waals surface area contributed by atoms with E-state index in [1.54, 1.807) is 30.3 Å². The van der Waals surface area contributed by atoms with Gasteiger partial charge in [-0.15, -0.1) is 6.58 Å². The van der Waals surface area contributed by atoms with Crippen LogP contribution in [-0.2, 0) is 9.19 Å². The largest absolute Gasteiger partial charge is 0.423 e. The van der Waals surface area contributed by atoms with Gasteiger partial charge in [-0.2, -0.15) is 0 Å². The third-order valence-corrected chi connectivity index (χ3v) is 3.37. The summed E-state index contributed by atoms with van der Waals surface area (Å²) in [5.74, 6) is 5.46. The van der Waals surface area contributed by atoms with E-state index in [9.17, 15) is 4.57 Å². The van der Waals surface area contributed by atoms with E-state index in [1.807, 2.05) is 6.07 Å². The summed E-state index contributed by atoms with van der Waals surface area (Å²) in [5.41, 5.74) is 0. The van der Waals surface area contributed by atoms with Crippen LogP contribution in [0, 0.1) is 0 Å². The molecule has 2 N–H and O–H groups in total. The molecule has 0 aromatic heterocycles. The molecule has 4 nitrogen and oxygen atoms in total. The van der Waals surface area contributed by atoms with Crippen molar-refractivity contribution < 1.29 is 13.7 Å². The number of hydrogen-bond donors (Lipinski definition) is 1. The smallest absolute Gasteiger partial charge is 0.395 e. The Morgan fingerprint density at radius 2 is 2.07 bits per heavy atom. The fourth-order valence-electron chi connectivity index (χ4n) is 1.01. The predicted octanol–water partition coefficient (Wildman–Crippen LogP) is 2.72. The minimum absolute atomic E-state index is 0.224. The Hall–Kier alpha value is -1.09. The molecule has 5 heteroatoms. The molecule has 0 saturated heterocycles. The normalized spacial score (nSPS) is 14.2. The maximum absolute atomic E-state index is 11.9. The van der Waals surface area contributed by atoms with Crippen molar-refractivity contribution in [1.29, 1.82) is 0 Å². The van der Waals surface area contributed by atoms with Crippen molar-refractivity contribution in [2.24, 2.45) is 5.90 Å². The van der Waals surface area contributed by atoms with Gasteiger partial charge in [0.1, 0.15) is 5.75 Å². The second kappa shape index (κ2) is 5.71. The van der Waals surface area contributed by atoms with Crippen LogP contribution in [-0.4, -0.2) is 6.16 Å². The zero-order valence-electron chi connectivity index (χ0n) is 8.33. The van der Waals surface area contributed by atoms with E-state index in [2.05, 4.69) is 11.2 Å². The molecular weight excluding hydrogens is 213 g/mol. The first-order valence-electron chi connectivity index (χ1n) is 4.53. The van der Waals surface area contributed by atoms with Crippen LogP contribution in [0.5, 0.6) is 5.75 Å². The van der Waals surface area contributed by atoms with Crippen molar-refractivity contribution in [3.05, 3.63) is 43.0 Å². The molecule has 0 saturated carbocycles. The van der Waals surface area contributed by atoms with Crippen molar-refractivity contribution in [1.82, 2.24) is 0 Å². The summed E-state index contributed by atoms with van der Waals surface area (Å²) in [4.78, 5) is 0. The van der Waals surface area contributed by atoms with Gasteiger partial charge in [-0.25, -0.2) is 15.1 Å². The number of nitrogens with two attached hydrogens (primary N) is 1. The van der Waals surface area contributed by atoms with Crippen LogP contribution in [0.25, 0.3) is 0 Å². The van der Waals surface area contributed by atoms with E-state index in [-0.39, 0.29) is 6.16 Å². The van der Waals surface area contributed by atoms with Crippen LogP contribution in [0.4, 0.5) is 0 Å². The summed E-state index contributed by atoms with van der Waals surface area (Å²) in [7, 11) is -3.23. The molecule has 1 atom stereocenters. The van der Waals surface area contributed by atoms with E-state index in [0.29, 0.717) is 12.2 Å². The molecule has 0 aliphatic carbocycles. The van der Waals surface area contributed by atoms with Gasteiger partial charge in [0.15, 0.2) is 0 Å². The van der Waals surface area contributed by atoms with Gasteiger partial charge in [-0.05, 0) is 18.6 Å². The lowest BCUT2D eigenvalue weighted by molar-refractivity contribution is 0.274. The molecule has 1 unspecified atom stereocenters. The number of allylic oxidation sites excluding steroid dienone is 1. The number of para-hydroxylation sites is 1. The van der Waals surface area contributed by atoms with Crippen molar-refractivity contribution in [2.75, 3.05) is 6.16 Å². The number of rotatable bonds is 6. The summed E-state index contributed by atoms with van der Waals surface area (Å²) in [5, 5.41) is 0. The fraction of sp³-hybridized carbons (Fsp3) is 0.200. The highest BCUT2D eigenvalue weighted by Crippen LogP contribution is 2.46. The third-order valence-electron chi connectivity index (χ3n) is 1.76. The molecule has 0 aliphatic rings. The van der Waals surface area contributed by atoms with Gasteiger partial charge in [0.25, 0.3) is 0 Å². The molecule has 82 valence electrons. The molecule has 0 radical (unpaired) electrons. The summed E-state index contributed by atoms with van der Waals surface area (Å²) in [6, 6.07) is 8.79. The quantitative estimate of drug-likeness (QED) is 0.461. The molecule has 1 aromatic carbocycles. The van der Waals surface area contributed by atoms with Gasteiger partial charge in [-0.3, -0.25) is 0 Å². The Bertz CT molecular complexity index is 353. The Balaban J connectivity index is 2.68. The summed E-state index contributed by atoms with van der Waals surface area (Å²) in [6.45, 7) is 3.53. The summed E-state index contributed by atoms with van der Waals surface area (Å²) < 4.78 is 21.5. The zero-order valence-corrected chi connectivity index (χ0v) is 9.23.